The standard InChI is InChI=1S/C25H23F3N6O2/c1-3-10-30-14-20(29)21-9-11-31-24(33-21)34-22-13-18(8-7-16(22)2)32-23(35)17-5-4-6-19(12-17)36-15-25(26,27)28/h3-14H,1,15,29H2,2H3,(H,32,35)(H,31,33,34)/b20-14-,30-10-. The maximum absolute atomic E-state index is 12.7. The minimum Gasteiger partial charge on any atom is -0.484 e. The van der Waals surface area contributed by atoms with Crippen molar-refractivity contribution in [3.63, 3.8) is 0 Å². The van der Waals surface area contributed by atoms with E-state index in [0.29, 0.717) is 22.8 Å². The maximum atomic E-state index is 12.7. The van der Waals surface area contributed by atoms with Crippen LogP contribution in [0.3, 0.4) is 0 Å². The number of amides is 1. The summed E-state index contributed by atoms with van der Waals surface area (Å²) in [5.74, 6) is -0.303. The summed E-state index contributed by atoms with van der Waals surface area (Å²) in [6.07, 6.45) is 1.51. The minimum absolute atomic E-state index is 0.0632. The van der Waals surface area contributed by atoms with Gasteiger partial charge in [-0.25, -0.2) is 9.97 Å². The predicted octanol–water partition coefficient (Wildman–Crippen LogP) is 5.24. The smallest absolute Gasteiger partial charge is 0.422 e. The number of rotatable bonds is 9. The molecule has 0 fully saturated rings. The number of benzene rings is 2. The Hall–Kier alpha value is -4.67. The van der Waals surface area contributed by atoms with Gasteiger partial charge in [-0.2, -0.15) is 13.2 Å². The topological polar surface area (TPSA) is 115 Å². The first-order valence-corrected chi connectivity index (χ1v) is 10.6. The van der Waals surface area contributed by atoms with Gasteiger partial charge in [0.15, 0.2) is 6.61 Å². The number of nitrogens with zero attached hydrogens (tertiary/aromatic N) is 3. The van der Waals surface area contributed by atoms with Crippen LogP contribution in [0.15, 0.2) is 78.6 Å². The van der Waals surface area contributed by atoms with Gasteiger partial charge in [-0.1, -0.05) is 24.8 Å². The number of carbonyl (C=O) groups is 1. The zero-order chi connectivity index (χ0) is 26.1. The van der Waals surface area contributed by atoms with Crippen LogP contribution in [0.25, 0.3) is 5.70 Å². The number of anilines is 3. The largest absolute Gasteiger partial charge is 0.484 e. The van der Waals surface area contributed by atoms with Crippen molar-refractivity contribution in [2.45, 2.75) is 13.1 Å². The Balaban J connectivity index is 1.74. The molecule has 4 N–H and O–H groups in total. The van der Waals surface area contributed by atoms with Crippen LogP contribution in [-0.4, -0.2) is 34.9 Å². The Morgan fingerprint density at radius 2 is 2.03 bits per heavy atom. The lowest BCUT2D eigenvalue weighted by Gasteiger charge is -2.13. The maximum Gasteiger partial charge on any atom is 0.422 e. The Morgan fingerprint density at radius 3 is 2.78 bits per heavy atom. The van der Waals surface area contributed by atoms with Gasteiger partial charge < -0.3 is 21.1 Å². The number of nitrogens with two attached hydrogens (primary N) is 1. The molecule has 0 spiro atoms. The highest BCUT2D eigenvalue weighted by Crippen LogP contribution is 2.24. The van der Waals surface area contributed by atoms with Gasteiger partial charge in [-0.15, -0.1) is 0 Å². The van der Waals surface area contributed by atoms with E-state index in [1.807, 2.05) is 6.92 Å². The van der Waals surface area contributed by atoms with Crippen molar-refractivity contribution in [2.75, 3.05) is 17.2 Å². The summed E-state index contributed by atoms with van der Waals surface area (Å²) < 4.78 is 41.9. The van der Waals surface area contributed by atoms with Gasteiger partial charge in [0.25, 0.3) is 5.91 Å². The molecule has 0 bridgehead atoms. The molecule has 1 heterocycles. The highest BCUT2D eigenvalue weighted by atomic mass is 19.4. The molecule has 186 valence electrons. The van der Waals surface area contributed by atoms with E-state index in [1.54, 1.807) is 24.3 Å². The lowest BCUT2D eigenvalue weighted by molar-refractivity contribution is -0.153. The molecule has 8 nitrogen and oxygen atoms in total. The molecule has 0 atom stereocenters. The van der Waals surface area contributed by atoms with Crippen molar-refractivity contribution in [1.82, 2.24) is 9.97 Å². The van der Waals surface area contributed by atoms with Crippen LogP contribution in [0.1, 0.15) is 21.6 Å². The molecule has 36 heavy (non-hydrogen) atoms. The molecule has 1 amide bonds. The number of allylic oxidation sites excluding steroid dienone is 1. The van der Waals surface area contributed by atoms with Crippen molar-refractivity contribution in [3.05, 3.63) is 90.4 Å². The SMILES string of the molecule is C=C/C=N\C=C(/N)c1ccnc(Nc2cc(NC(=O)c3cccc(OCC(F)(F)F)c3)ccc2C)n1. The van der Waals surface area contributed by atoms with E-state index in [4.69, 9.17) is 10.5 Å². The first-order chi connectivity index (χ1) is 17.1. The van der Waals surface area contributed by atoms with Crippen LogP contribution in [0.4, 0.5) is 30.5 Å². The number of alkyl halides is 3. The van der Waals surface area contributed by atoms with Crippen LogP contribution in [0.2, 0.25) is 0 Å². The molecule has 0 unspecified atom stereocenters. The summed E-state index contributed by atoms with van der Waals surface area (Å²) in [5, 5.41) is 5.81. The molecule has 0 aliphatic carbocycles. The molecule has 0 aliphatic rings. The molecular weight excluding hydrogens is 473 g/mol. The molecule has 0 aliphatic heterocycles. The predicted molar refractivity (Wildman–Crippen MR) is 133 cm³/mol. The van der Waals surface area contributed by atoms with Crippen LogP contribution >= 0.6 is 0 Å². The summed E-state index contributed by atoms with van der Waals surface area (Å²) in [4.78, 5) is 25.2. The van der Waals surface area contributed by atoms with Crippen LogP contribution < -0.4 is 21.1 Å². The van der Waals surface area contributed by atoms with Gasteiger partial charge in [-0.05, 0) is 48.9 Å². The Labute approximate surface area is 205 Å². The second kappa shape index (κ2) is 11.6. The number of ether oxygens (including phenoxy) is 1. The van der Waals surface area contributed by atoms with Crippen molar-refractivity contribution in [2.24, 2.45) is 10.7 Å². The van der Waals surface area contributed by atoms with Gasteiger partial charge in [0.05, 0.1) is 17.6 Å². The number of hydrogen-bond donors (Lipinski definition) is 3. The fourth-order valence-electron chi connectivity index (χ4n) is 2.88. The fourth-order valence-corrected chi connectivity index (χ4v) is 2.88. The van der Waals surface area contributed by atoms with E-state index >= 15 is 0 Å². The van der Waals surface area contributed by atoms with Crippen molar-refractivity contribution in [1.29, 1.82) is 0 Å². The number of aryl methyl sites for hydroxylation is 1. The molecule has 1 aromatic heterocycles. The van der Waals surface area contributed by atoms with Crippen LogP contribution in [0, 0.1) is 6.92 Å². The quantitative estimate of drug-likeness (QED) is 0.349. The molecule has 2 aromatic carbocycles. The molecule has 0 saturated heterocycles. The molecular formula is C25H23F3N6O2. The van der Waals surface area contributed by atoms with Crippen molar-refractivity contribution < 1.29 is 22.7 Å². The molecule has 11 heteroatoms. The van der Waals surface area contributed by atoms with E-state index in [1.165, 1.54) is 49.0 Å². The number of nitrogens with one attached hydrogen (secondary N) is 2. The Kier molecular flexibility index (Phi) is 8.39. The summed E-state index contributed by atoms with van der Waals surface area (Å²) >= 11 is 0. The Bertz CT molecular complexity index is 1300. The third kappa shape index (κ3) is 7.69. The summed E-state index contributed by atoms with van der Waals surface area (Å²) in [7, 11) is 0. The highest BCUT2D eigenvalue weighted by Gasteiger charge is 2.28. The average molecular weight is 496 g/mol. The minimum atomic E-state index is -4.48. The van der Waals surface area contributed by atoms with E-state index in [9.17, 15) is 18.0 Å². The summed E-state index contributed by atoms with van der Waals surface area (Å²) in [5.41, 5.74) is 8.85. The number of halogens is 3. The van der Waals surface area contributed by atoms with Crippen molar-refractivity contribution >= 4 is 35.1 Å². The molecule has 3 rings (SSSR count). The normalized spacial score (nSPS) is 11.8. The summed E-state index contributed by atoms with van der Waals surface area (Å²) in [6.45, 7) is 3.95. The number of aliphatic imine (C=N–C) groups is 1. The monoisotopic (exact) mass is 496 g/mol. The van der Waals surface area contributed by atoms with Gasteiger partial charge in [-0.3, -0.25) is 9.79 Å². The second-order valence-electron chi connectivity index (χ2n) is 7.42. The lowest BCUT2D eigenvalue weighted by atomic mass is 10.1. The second-order valence-corrected chi connectivity index (χ2v) is 7.42. The van der Waals surface area contributed by atoms with E-state index in [-0.39, 0.29) is 17.3 Å². The van der Waals surface area contributed by atoms with Gasteiger partial charge >= 0.3 is 6.18 Å². The van der Waals surface area contributed by atoms with E-state index < -0.39 is 18.7 Å². The van der Waals surface area contributed by atoms with Crippen LogP contribution in [-0.2, 0) is 0 Å². The number of hydrogen-bond acceptors (Lipinski definition) is 7. The van der Waals surface area contributed by atoms with E-state index in [2.05, 4.69) is 32.2 Å². The number of aromatic nitrogens is 2. The first-order valence-electron chi connectivity index (χ1n) is 10.6. The molecule has 0 radical (unpaired) electrons. The fraction of sp³-hybridized carbons (Fsp3) is 0.120. The van der Waals surface area contributed by atoms with Gasteiger partial charge in [0.2, 0.25) is 5.95 Å². The highest BCUT2D eigenvalue weighted by molar-refractivity contribution is 6.04. The van der Waals surface area contributed by atoms with Crippen molar-refractivity contribution in [3.8, 4) is 5.75 Å². The molecule has 0 saturated carbocycles. The third-order valence-electron chi connectivity index (χ3n) is 4.60. The number of carbonyl (C=O) groups excluding carboxylic acids is 1. The summed E-state index contributed by atoms with van der Waals surface area (Å²) in [6, 6.07) is 12.3. The zero-order valence-corrected chi connectivity index (χ0v) is 19.2. The zero-order valence-electron chi connectivity index (χ0n) is 19.2. The Morgan fingerprint density at radius 1 is 1.22 bits per heavy atom. The average Bonchev–Trinajstić information content (AvgIpc) is 2.85. The molecule has 3 aromatic rings. The van der Waals surface area contributed by atoms with E-state index in [0.717, 1.165) is 5.56 Å². The van der Waals surface area contributed by atoms with Gasteiger partial charge in [0.1, 0.15) is 5.75 Å². The first kappa shape index (κ1) is 25.9. The lowest BCUT2D eigenvalue weighted by Crippen LogP contribution is -2.19. The van der Waals surface area contributed by atoms with Gasteiger partial charge in [0, 0.05) is 29.3 Å². The van der Waals surface area contributed by atoms with Crippen LogP contribution in [0.5, 0.6) is 5.75 Å². The third-order valence-corrected chi connectivity index (χ3v) is 4.60.